The molecule has 1 spiro atoms. The van der Waals surface area contributed by atoms with Crippen molar-refractivity contribution in [2.75, 3.05) is 4.90 Å². The smallest absolute Gasteiger partial charge is 0.178 e. The normalized spacial score (nSPS) is 13.3. The Morgan fingerprint density at radius 1 is 0.369 bits per heavy atom. The zero-order valence-corrected chi connectivity index (χ0v) is 35.9. The molecule has 3 aliphatic rings. The van der Waals surface area contributed by atoms with E-state index in [1.807, 2.05) is 17.4 Å². The van der Waals surface area contributed by atoms with E-state index in [0.717, 1.165) is 39.5 Å². The van der Waals surface area contributed by atoms with Gasteiger partial charge in [-0.05, 0) is 93.0 Å². The van der Waals surface area contributed by atoms with Gasteiger partial charge in [-0.3, -0.25) is 0 Å². The second-order valence-corrected chi connectivity index (χ2v) is 18.1. The summed E-state index contributed by atoms with van der Waals surface area (Å²) in [6.07, 6.45) is 0. The van der Waals surface area contributed by atoms with Gasteiger partial charge in [-0.2, -0.15) is 0 Å². The summed E-state index contributed by atoms with van der Waals surface area (Å²) < 4.78 is 16.8. The van der Waals surface area contributed by atoms with Crippen molar-refractivity contribution in [2.45, 2.75) is 5.41 Å². The maximum absolute atomic E-state index is 7.32. The lowest BCUT2D eigenvalue weighted by Crippen LogP contribution is -2.25. The average molecular weight is 848 g/mol. The molecule has 0 saturated carbocycles. The molecule has 65 heavy (non-hydrogen) atoms. The SMILES string of the molecule is c1ccc(N(c2cccc(-c3cccc4c3Oc3c(ccc5c3-c3ccccc3C53c5ccccc5-c5ccccc53)O4)c2)c2ccccc2-c2cccc3c2sc2ccccc23)cc1. The Hall–Kier alpha value is -8.18. The van der Waals surface area contributed by atoms with Gasteiger partial charge in [0, 0.05) is 53.8 Å². The quantitative estimate of drug-likeness (QED) is 0.172. The van der Waals surface area contributed by atoms with E-state index < -0.39 is 5.41 Å². The van der Waals surface area contributed by atoms with Crippen LogP contribution in [0, 0.1) is 0 Å². The molecular weight excluding hydrogens is 811 g/mol. The van der Waals surface area contributed by atoms with Crippen LogP contribution in [0.3, 0.4) is 0 Å². The van der Waals surface area contributed by atoms with Gasteiger partial charge in [0.2, 0.25) is 0 Å². The van der Waals surface area contributed by atoms with Crippen molar-refractivity contribution in [1.82, 2.24) is 0 Å². The average Bonchev–Trinajstić information content (AvgIpc) is 4.01. The second kappa shape index (κ2) is 13.9. The lowest BCUT2D eigenvalue weighted by atomic mass is 9.70. The Morgan fingerprint density at radius 3 is 1.77 bits per heavy atom. The van der Waals surface area contributed by atoms with Crippen LogP contribution >= 0.6 is 11.3 Å². The predicted molar refractivity (Wildman–Crippen MR) is 268 cm³/mol. The largest absolute Gasteiger partial charge is 0.449 e. The van der Waals surface area contributed by atoms with Crippen LogP contribution in [0.2, 0.25) is 0 Å². The van der Waals surface area contributed by atoms with Crippen LogP contribution in [-0.2, 0) is 5.41 Å². The molecule has 0 bridgehead atoms. The first-order valence-corrected chi connectivity index (χ1v) is 23.0. The minimum absolute atomic E-state index is 0.481. The molecule has 2 heterocycles. The van der Waals surface area contributed by atoms with Crippen molar-refractivity contribution in [3.05, 3.63) is 247 Å². The van der Waals surface area contributed by atoms with E-state index in [4.69, 9.17) is 9.47 Å². The fourth-order valence-corrected chi connectivity index (χ4v) is 12.4. The van der Waals surface area contributed by atoms with Crippen molar-refractivity contribution in [3.63, 3.8) is 0 Å². The number of para-hydroxylation sites is 3. The van der Waals surface area contributed by atoms with E-state index in [0.29, 0.717) is 17.2 Å². The Morgan fingerprint density at radius 2 is 0.954 bits per heavy atom. The number of fused-ring (bicyclic) bond motifs is 16. The Balaban J connectivity index is 0.919. The number of hydrogen-bond donors (Lipinski definition) is 0. The topological polar surface area (TPSA) is 21.7 Å². The Bertz CT molecular complexity index is 3710. The minimum Gasteiger partial charge on any atom is -0.449 e. The summed E-state index contributed by atoms with van der Waals surface area (Å²) in [7, 11) is 0. The fraction of sp³-hybridized carbons (Fsp3) is 0.0164. The van der Waals surface area contributed by atoms with Gasteiger partial charge in [0.1, 0.15) is 0 Å². The highest BCUT2D eigenvalue weighted by Crippen LogP contribution is 2.66. The zero-order chi connectivity index (χ0) is 42.6. The van der Waals surface area contributed by atoms with Gasteiger partial charge in [0.25, 0.3) is 0 Å². The first-order valence-electron chi connectivity index (χ1n) is 22.2. The summed E-state index contributed by atoms with van der Waals surface area (Å²) in [6.45, 7) is 0. The lowest BCUT2D eigenvalue weighted by molar-refractivity contribution is 0.361. The molecule has 0 atom stereocenters. The van der Waals surface area contributed by atoms with Crippen LogP contribution in [0.5, 0.6) is 23.0 Å². The van der Waals surface area contributed by atoms with E-state index in [2.05, 4.69) is 223 Å². The third kappa shape index (κ3) is 5.11. The van der Waals surface area contributed by atoms with Crippen molar-refractivity contribution >= 4 is 48.6 Å². The third-order valence-electron chi connectivity index (χ3n) is 13.8. The number of thiophene rings is 1. The number of benzene rings is 10. The molecule has 14 rings (SSSR count). The van der Waals surface area contributed by atoms with E-state index in [1.165, 1.54) is 70.2 Å². The van der Waals surface area contributed by atoms with Crippen molar-refractivity contribution in [2.24, 2.45) is 0 Å². The van der Waals surface area contributed by atoms with Gasteiger partial charge in [-0.25, -0.2) is 0 Å². The first-order chi connectivity index (χ1) is 32.3. The predicted octanol–water partition coefficient (Wildman–Crippen LogP) is 17.1. The molecule has 2 aliphatic carbocycles. The Kier molecular flexibility index (Phi) is 7.77. The van der Waals surface area contributed by atoms with Crippen LogP contribution in [0.25, 0.3) is 64.7 Å². The number of ether oxygens (including phenoxy) is 2. The van der Waals surface area contributed by atoms with Gasteiger partial charge in [0.15, 0.2) is 23.0 Å². The molecule has 304 valence electrons. The summed E-state index contributed by atoms with van der Waals surface area (Å²) in [6, 6.07) is 81.0. The van der Waals surface area contributed by atoms with Gasteiger partial charge in [0.05, 0.1) is 11.1 Å². The Labute approximate surface area is 380 Å². The van der Waals surface area contributed by atoms with E-state index in [9.17, 15) is 0 Å². The van der Waals surface area contributed by atoms with Crippen LogP contribution < -0.4 is 14.4 Å². The molecule has 4 heteroatoms. The molecule has 0 N–H and O–H groups in total. The number of rotatable bonds is 5. The van der Waals surface area contributed by atoms with Crippen molar-refractivity contribution < 1.29 is 9.47 Å². The van der Waals surface area contributed by atoms with Crippen LogP contribution in [-0.4, -0.2) is 0 Å². The van der Waals surface area contributed by atoms with Gasteiger partial charge >= 0.3 is 0 Å². The van der Waals surface area contributed by atoms with Crippen LogP contribution in [0.15, 0.2) is 224 Å². The summed E-state index contributed by atoms with van der Waals surface area (Å²) in [5.74, 6) is 2.87. The molecule has 0 amide bonds. The number of hydrogen-bond acceptors (Lipinski definition) is 4. The molecule has 0 unspecified atom stereocenters. The van der Waals surface area contributed by atoms with Gasteiger partial charge < -0.3 is 14.4 Å². The zero-order valence-electron chi connectivity index (χ0n) is 35.0. The van der Waals surface area contributed by atoms with E-state index >= 15 is 0 Å². The second-order valence-electron chi connectivity index (χ2n) is 17.1. The van der Waals surface area contributed by atoms with Crippen LogP contribution in [0.4, 0.5) is 17.1 Å². The van der Waals surface area contributed by atoms with E-state index in [-0.39, 0.29) is 0 Å². The van der Waals surface area contributed by atoms with Gasteiger partial charge in [-0.1, -0.05) is 176 Å². The lowest BCUT2D eigenvalue weighted by Gasteiger charge is -2.31. The molecular formula is C61H37NO2S. The monoisotopic (exact) mass is 847 g/mol. The fourth-order valence-electron chi connectivity index (χ4n) is 11.1. The molecule has 1 aliphatic heterocycles. The highest BCUT2D eigenvalue weighted by Gasteiger charge is 2.53. The maximum atomic E-state index is 7.32. The number of anilines is 3. The molecule has 0 radical (unpaired) electrons. The van der Waals surface area contributed by atoms with E-state index in [1.54, 1.807) is 0 Å². The summed E-state index contributed by atoms with van der Waals surface area (Å²) in [5, 5.41) is 2.58. The van der Waals surface area contributed by atoms with Crippen molar-refractivity contribution in [3.8, 4) is 67.5 Å². The standard InChI is InChI=1S/C61H37NO2S/c1-2-18-39(19-3-1)62(53-32-12-7-23-44(53)46-27-15-28-47-45-24-8-13-34-56(45)65-60(46)47)40-20-14-17-38(37-40)41-26-16-33-54-58(41)64-59-55(63-54)36-35-52-57(59)48-25-6-11-31-51(48)61(52)49-29-9-4-21-42(49)43-22-5-10-30-50(43)61/h1-37H. The summed E-state index contributed by atoms with van der Waals surface area (Å²) in [5.41, 5.74) is 17.0. The molecule has 10 aromatic carbocycles. The van der Waals surface area contributed by atoms with Gasteiger partial charge in [-0.15, -0.1) is 11.3 Å². The van der Waals surface area contributed by atoms with Crippen molar-refractivity contribution in [1.29, 1.82) is 0 Å². The molecule has 1 aromatic heterocycles. The summed E-state index contributed by atoms with van der Waals surface area (Å²) in [4.78, 5) is 2.38. The maximum Gasteiger partial charge on any atom is 0.178 e. The van der Waals surface area contributed by atoms with Crippen LogP contribution in [0.1, 0.15) is 22.3 Å². The number of nitrogens with zero attached hydrogens (tertiary/aromatic N) is 1. The highest BCUT2D eigenvalue weighted by molar-refractivity contribution is 7.26. The molecule has 11 aromatic rings. The highest BCUT2D eigenvalue weighted by atomic mass is 32.1. The minimum atomic E-state index is -0.481. The molecule has 0 fully saturated rings. The first kappa shape index (κ1) is 36.3. The molecule has 0 saturated heterocycles. The summed E-state index contributed by atoms with van der Waals surface area (Å²) >= 11 is 1.86. The molecule has 3 nitrogen and oxygen atoms in total. The third-order valence-corrected chi connectivity index (χ3v) is 15.0.